The molecule has 0 saturated heterocycles. The summed E-state index contributed by atoms with van der Waals surface area (Å²) in [5, 5.41) is 0. The van der Waals surface area contributed by atoms with Crippen LogP contribution in [0.25, 0.3) is 0 Å². The number of fused-ring (bicyclic) bond motifs is 2. The van der Waals surface area contributed by atoms with Gasteiger partial charge >= 0.3 is 0 Å². The summed E-state index contributed by atoms with van der Waals surface area (Å²) in [5.74, 6) is -0.646. The SMILES string of the molecule is C[N+](C)(CCCCC[Si](C)(C)CCCN1C(=O)c2ccccc2C1=O)CCCN1C(=O)c2ccccc2C1=O.[Br-]. The molecule has 216 valence electrons. The van der Waals surface area contributed by atoms with Crippen LogP contribution in [0.1, 0.15) is 73.5 Å². The zero-order valence-corrected chi connectivity index (χ0v) is 26.8. The maximum Gasteiger partial charge on any atom is 0.261 e. The van der Waals surface area contributed by atoms with E-state index >= 15 is 0 Å². The van der Waals surface area contributed by atoms with Crippen LogP contribution in [0, 0.1) is 0 Å². The van der Waals surface area contributed by atoms with Crippen molar-refractivity contribution in [3.8, 4) is 0 Å². The number of amides is 4. The topological polar surface area (TPSA) is 74.8 Å². The first-order valence-electron chi connectivity index (χ1n) is 14.2. The van der Waals surface area contributed by atoms with Gasteiger partial charge in [0.25, 0.3) is 23.6 Å². The second-order valence-electron chi connectivity index (χ2n) is 12.4. The molecule has 0 bridgehead atoms. The summed E-state index contributed by atoms with van der Waals surface area (Å²) >= 11 is 0. The van der Waals surface area contributed by atoms with Crippen LogP contribution in [-0.4, -0.2) is 86.3 Å². The molecule has 0 radical (unpaired) electrons. The van der Waals surface area contributed by atoms with Gasteiger partial charge in [0.15, 0.2) is 0 Å². The molecule has 0 spiro atoms. The number of unbranched alkanes of at least 4 members (excludes halogenated alkanes) is 2. The number of nitrogens with zero attached hydrogens (tertiary/aromatic N) is 3. The Balaban J connectivity index is 0.00000441. The number of rotatable bonds is 14. The van der Waals surface area contributed by atoms with Gasteiger partial charge in [-0.2, -0.15) is 0 Å². The molecule has 0 aliphatic carbocycles. The minimum absolute atomic E-state index is 0. The molecule has 9 heteroatoms. The Morgan fingerprint density at radius 2 is 0.950 bits per heavy atom. The van der Waals surface area contributed by atoms with Crippen molar-refractivity contribution in [2.24, 2.45) is 0 Å². The van der Waals surface area contributed by atoms with Crippen LogP contribution in [-0.2, 0) is 0 Å². The lowest BCUT2D eigenvalue weighted by Crippen LogP contribution is -3.00. The molecule has 0 unspecified atom stereocenters. The Labute approximate surface area is 249 Å². The maximum absolute atomic E-state index is 12.6. The number of carbonyl (C=O) groups excluding carboxylic acids is 4. The van der Waals surface area contributed by atoms with Gasteiger partial charge in [-0.1, -0.05) is 55.9 Å². The van der Waals surface area contributed by atoms with Gasteiger partial charge in [-0.15, -0.1) is 0 Å². The smallest absolute Gasteiger partial charge is 0.261 e. The standard InChI is InChI=1S/C31H42N3O4Si.BrH/c1-34(2,21-12-18-32-28(35)24-14-6-7-15-25(24)29(32)36)20-10-5-11-22-39(3,4)23-13-19-33-30(37)26-16-8-9-17-27(26)31(33)38;/h6-9,14-17H,5,10-13,18-23H2,1-4H3;1H/q+1;/p-1. The number of benzene rings is 2. The lowest BCUT2D eigenvalue weighted by Gasteiger charge is -2.30. The van der Waals surface area contributed by atoms with Gasteiger partial charge < -0.3 is 21.5 Å². The number of quaternary nitrogens is 1. The fraction of sp³-hybridized carbons (Fsp3) is 0.484. The molecule has 2 aromatic rings. The van der Waals surface area contributed by atoms with Crippen LogP contribution in [0.4, 0.5) is 0 Å². The third kappa shape index (κ3) is 7.36. The van der Waals surface area contributed by atoms with Crippen molar-refractivity contribution >= 4 is 31.7 Å². The van der Waals surface area contributed by atoms with E-state index < -0.39 is 8.07 Å². The van der Waals surface area contributed by atoms with Crippen LogP contribution in [0.15, 0.2) is 48.5 Å². The highest BCUT2D eigenvalue weighted by Gasteiger charge is 2.36. The highest BCUT2D eigenvalue weighted by molar-refractivity contribution is 6.77. The van der Waals surface area contributed by atoms with E-state index in [0.29, 0.717) is 35.3 Å². The first-order chi connectivity index (χ1) is 18.5. The normalized spacial score (nSPS) is 15.0. The fourth-order valence-corrected chi connectivity index (χ4v) is 8.39. The average Bonchev–Trinajstić information content (AvgIpc) is 3.29. The lowest BCUT2D eigenvalue weighted by atomic mass is 10.1. The average molecular weight is 629 g/mol. The molecule has 0 N–H and O–H groups in total. The van der Waals surface area contributed by atoms with E-state index in [2.05, 4.69) is 27.2 Å². The quantitative estimate of drug-likeness (QED) is 0.139. The molecule has 4 rings (SSSR count). The summed E-state index contributed by atoms with van der Waals surface area (Å²) in [6.45, 7) is 7.79. The number of hydrogen-bond donors (Lipinski definition) is 0. The van der Waals surface area contributed by atoms with Gasteiger partial charge in [-0.3, -0.25) is 29.0 Å². The molecular formula is C31H42BrN3O4Si. The zero-order chi connectivity index (χ0) is 28.2. The molecule has 7 nitrogen and oxygen atoms in total. The van der Waals surface area contributed by atoms with Gasteiger partial charge in [0.1, 0.15) is 0 Å². The van der Waals surface area contributed by atoms with E-state index in [1.165, 1.54) is 28.7 Å². The molecule has 0 fully saturated rings. The second-order valence-corrected chi connectivity index (χ2v) is 17.8. The van der Waals surface area contributed by atoms with Crippen molar-refractivity contribution in [2.45, 2.75) is 57.3 Å². The van der Waals surface area contributed by atoms with E-state index in [4.69, 9.17) is 0 Å². The van der Waals surface area contributed by atoms with Crippen LogP contribution in [0.2, 0.25) is 25.2 Å². The van der Waals surface area contributed by atoms with Crippen molar-refractivity contribution in [2.75, 3.05) is 40.3 Å². The van der Waals surface area contributed by atoms with Gasteiger partial charge in [-0.05, 0) is 43.5 Å². The Hall–Kier alpha value is -2.62. The zero-order valence-electron chi connectivity index (χ0n) is 24.2. The largest absolute Gasteiger partial charge is 1.00 e. The number of halogens is 1. The van der Waals surface area contributed by atoms with Crippen LogP contribution in [0.3, 0.4) is 0 Å². The maximum atomic E-state index is 12.6. The Morgan fingerprint density at radius 3 is 1.40 bits per heavy atom. The Morgan fingerprint density at radius 1 is 0.575 bits per heavy atom. The van der Waals surface area contributed by atoms with Crippen LogP contribution in [0.5, 0.6) is 0 Å². The summed E-state index contributed by atoms with van der Waals surface area (Å²) in [5.41, 5.74) is 2.10. The van der Waals surface area contributed by atoms with E-state index in [1.807, 2.05) is 12.1 Å². The second kappa shape index (κ2) is 13.4. The summed E-state index contributed by atoms with van der Waals surface area (Å²) < 4.78 is 0.879. The number of carbonyl (C=O) groups is 4. The summed E-state index contributed by atoms with van der Waals surface area (Å²) in [6, 6.07) is 16.5. The Kier molecular flexibility index (Phi) is 10.7. The van der Waals surface area contributed by atoms with Gasteiger partial charge in [0.2, 0.25) is 0 Å². The highest BCUT2D eigenvalue weighted by Crippen LogP contribution is 2.26. The highest BCUT2D eigenvalue weighted by atomic mass is 79.9. The molecule has 2 aliphatic heterocycles. The predicted octanol–water partition coefficient (Wildman–Crippen LogP) is 2.32. The minimum Gasteiger partial charge on any atom is -1.00 e. The van der Waals surface area contributed by atoms with Crippen LogP contribution < -0.4 is 17.0 Å². The van der Waals surface area contributed by atoms with Crippen molar-refractivity contribution in [1.29, 1.82) is 0 Å². The molecule has 0 atom stereocenters. The lowest BCUT2D eigenvalue weighted by molar-refractivity contribution is -0.890. The van der Waals surface area contributed by atoms with Crippen molar-refractivity contribution < 1.29 is 40.6 Å². The third-order valence-corrected chi connectivity index (χ3v) is 11.7. The third-order valence-electron chi connectivity index (χ3n) is 8.25. The van der Waals surface area contributed by atoms with E-state index in [-0.39, 0.29) is 40.6 Å². The molecule has 0 saturated carbocycles. The fourth-order valence-electron chi connectivity index (χ4n) is 5.81. The molecule has 2 heterocycles. The Bertz CT molecular complexity index is 1100. The number of imide groups is 2. The summed E-state index contributed by atoms with van der Waals surface area (Å²) in [6.07, 6.45) is 5.23. The molecule has 40 heavy (non-hydrogen) atoms. The van der Waals surface area contributed by atoms with Crippen molar-refractivity contribution in [3.05, 3.63) is 70.8 Å². The minimum atomic E-state index is -1.39. The van der Waals surface area contributed by atoms with E-state index in [1.54, 1.807) is 36.4 Å². The monoisotopic (exact) mass is 627 g/mol. The molecule has 0 aromatic heterocycles. The van der Waals surface area contributed by atoms with Crippen LogP contribution >= 0.6 is 0 Å². The number of hydrogen-bond acceptors (Lipinski definition) is 4. The summed E-state index contributed by atoms with van der Waals surface area (Å²) in [7, 11) is 3.05. The first-order valence-corrected chi connectivity index (χ1v) is 17.6. The molecule has 2 aromatic carbocycles. The van der Waals surface area contributed by atoms with Gasteiger partial charge in [0.05, 0.1) is 49.4 Å². The molecular weight excluding hydrogens is 586 g/mol. The predicted molar refractivity (Wildman–Crippen MR) is 156 cm³/mol. The van der Waals surface area contributed by atoms with Gasteiger partial charge in [0, 0.05) is 27.6 Å². The van der Waals surface area contributed by atoms with Crippen molar-refractivity contribution in [1.82, 2.24) is 9.80 Å². The summed E-state index contributed by atoms with van der Waals surface area (Å²) in [4.78, 5) is 53.1. The van der Waals surface area contributed by atoms with E-state index in [0.717, 1.165) is 42.9 Å². The van der Waals surface area contributed by atoms with E-state index in [9.17, 15) is 19.2 Å². The van der Waals surface area contributed by atoms with Gasteiger partial charge in [-0.25, -0.2) is 0 Å². The van der Waals surface area contributed by atoms with Crippen molar-refractivity contribution in [3.63, 3.8) is 0 Å². The molecule has 4 amide bonds. The first kappa shape index (κ1) is 31.9. The molecule has 2 aliphatic rings.